The summed E-state index contributed by atoms with van der Waals surface area (Å²) in [5, 5.41) is 18.2. The fourth-order valence-corrected chi connectivity index (χ4v) is 1.68. The third kappa shape index (κ3) is 3.64. The van der Waals surface area contributed by atoms with Crippen LogP contribution >= 0.6 is 15.9 Å². The smallest absolute Gasteiger partial charge is 0.311 e. The Bertz CT molecular complexity index is 332. The third-order valence-electron chi connectivity index (χ3n) is 2.15. The van der Waals surface area contributed by atoms with Crippen molar-refractivity contribution in [2.75, 3.05) is 0 Å². The topological polar surface area (TPSA) is 57.5 Å². The van der Waals surface area contributed by atoms with Crippen molar-refractivity contribution in [3.8, 4) is 0 Å². The van der Waals surface area contributed by atoms with E-state index in [2.05, 4.69) is 15.9 Å². The molecule has 0 radical (unpaired) electrons. The van der Waals surface area contributed by atoms with Crippen LogP contribution in [0.4, 0.5) is 0 Å². The number of aliphatic hydroxyl groups is 1. The molecule has 0 aromatic heterocycles. The normalized spacial score (nSPS) is 14.6. The minimum atomic E-state index is -0.904. The van der Waals surface area contributed by atoms with Gasteiger partial charge >= 0.3 is 5.97 Å². The van der Waals surface area contributed by atoms with Crippen molar-refractivity contribution < 1.29 is 15.0 Å². The lowest BCUT2D eigenvalue weighted by Crippen LogP contribution is -2.17. The van der Waals surface area contributed by atoms with E-state index in [0.29, 0.717) is 5.56 Å². The third-order valence-corrected chi connectivity index (χ3v) is 2.68. The lowest BCUT2D eigenvalue weighted by atomic mass is 9.94. The Kier molecular flexibility index (Phi) is 4.29. The fourth-order valence-electron chi connectivity index (χ4n) is 1.42. The van der Waals surface area contributed by atoms with Crippen molar-refractivity contribution in [2.24, 2.45) is 0 Å². The highest BCUT2D eigenvalue weighted by molar-refractivity contribution is 9.10. The second-order valence-corrected chi connectivity index (χ2v) is 4.44. The number of benzene rings is 1. The summed E-state index contributed by atoms with van der Waals surface area (Å²) in [6.07, 6.45) is -0.383. The Morgan fingerprint density at radius 1 is 1.40 bits per heavy atom. The highest BCUT2D eigenvalue weighted by atomic mass is 79.9. The molecule has 4 heteroatoms. The minimum absolute atomic E-state index is 0.233. The molecule has 1 aromatic rings. The molecule has 1 aromatic carbocycles. The molecular weight excluding hydrogens is 260 g/mol. The molecule has 0 fully saturated rings. The van der Waals surface area contributed by atoms with E-state index in [1.165, 1.54) is 0 Å². The molecule has 0 saturated heterocycles. The second-order valence-electron chi connectivity index (χ2n) is 3.53. The summed E-state index contributed by atoms with van der Waals surface area (Å²) in [4.78, 5) is 11.0. The van der Waals surface area contributed by atoms with E-state index in [1.54, 1.807) is 31.2 Å². The Balaban J connectivity index is 2.89. The molecule has 2 atom stereocenters. The van der Waals surface area contributed by atoms with Gasteiger partial charge in [-0.3, -0.25) is 4.79 Å². The van der Waals surface area contributed by atoms with Crippen molar-refractivity contribution in [1.82, 2.24) is 0 Å². The Hall–Kier alpha value is -0.870. The van der Waals surface area contributed by atoms with Crippen LogP contribution in [0.2, 0.25) is 0 Å². The highest BCUT2D eigenvalue weighted by Gasteiger charge is 2.21. The summed E-state index contributed by atoms with van der Waals surface area (Å²) in [6.45, 7) is 1.59. The van der Waals surface area contributed by atoms with Crippen LogP contribution in [0, 0.1) is 0 Å². The first-order valence-electron chi connectivity index (χ1n) is 4.67. The van der Waals surface area contributed by atoms with Crippen molar-refractivity contribution >= 4 is 21.9 Å². The Morgan fingerprint density at radius 2 is 1.93 bits per heavy atom. The van der Waals surface area contributed by atoms with E-state index in [4.69, 9.17) is 5.11 Å². The van der Waals surface area contributed by atoms with Crippen LogP contribution in [0.15, 0.2) is 28.7 Å². The predicted octanol–water partition coefficient (Wildman–Crippen LogP) is 2.39. The zero-order valence-corrected chi connectivity index (χ0v) is 9.94. The van der Waals surface area contributed by atoms with Crippen molar-refractivity contribution in [3.63, 3.8) is 0 Å². The van der Waals surface area contributed by atoms with Crippen LogP contribution in [0.3, 0.4) is 0 Å². The van der Waals surface area contributed by atoms with Gasteiger partial charge in [0.05, 0.1) is 12.0 Å². The number of aliphatic hydroxyl groups excluding tert-OH is 1. The summed E-state index contributed by atoms with van der Waals surface area (Å²) in [7, 11) is 0. The number of carboxylic acid groups (broad SMARTS) is 1. The zero-order valence-electron chi connectivity index (χ0n) is 8.35. The SMILES string of the molecule is CC(O)CC(C(=O)O)c1ccc(Br)cc1. The zero-order chi connectivity index (χ0) is 11.4. The first-order chi connectivity index (χ1) is 7.00. The quantitative estimate of drug-likeness (QED) is 0.885. The molecule has 0 bridgehead atoms. The van der Waals surface area contributed by atoms with Gasteiger partial charge in [0.2, 0.25) is 0 Å². The Morgan fingerprint density at radius 3 is 2.33 bits per heavy atom. The summed E-state index contributed by atoms with van der Waals surface area (Å²) in [5.41, 5.74) is 0.714. The van der Waals surface area contributed by atoms with Gasteiger partial charge in [0.1, 0.15) is 0 Å². The maximum atomic E-state index is 11.0. The Labute approximate surface area is 96.9 Å². The fraction of sp³-hybridized carbons (Fsp3) is 0.364. The van der Waals surface area contributed by atoms with E-state index in [-0.39, 0.29) is 6.42 Å². The number of rotatable bonds is 4. The van der Waals surface area contributed by atoms with Crippen LogP contribution in [-0.4, -0.2) is 22.3 Å². The first-order valence-corrected chi connectivity index (χ1v) is 5.46. The van der Waals surface area contributed by atoms with Crippen molar-refractivity contribution in [2.45, 2.75) is 25.4 Å². The van der Waals surface area contributed by atoms with Gasteiger partial charge in [-0.2, -0.15) is 0 Å². The summed E-state index contributed by atoms with van der Waals surface area (Å²) >= 11 is 3.29. The summed E-state index contributed by atoms with van der Waals surface area (Å²) < 4.78 is 0.910. The van der Waals surface area contributed by atoms with E-state index < -0.39 is 18.0 Å². The van der Waals surface area contributed by atoms with Gasteiger partial charge in [-0.05, 0) is 31.0 Å². The average molecular weight is 273 g/mol. The first kappa shape index (κ1) is 12.2. The van der Waals surface area contributed by atoms with Crippen LogP contribution in [-0.2, 0) is 4.79 Å². The molecule has 0 aliphatic rings. The van der Waals surface area contributed by atoms with Crippen LogP contribution in [0.5, 0.6) is 0 Å². The number of carbonyl (C=O) groups is 1. The molecule has 2 unspecified atom stereocenters. The van der Waals surface area contributed by atoms with E-state index in [9.17, 15) is 9.90 Å². The second kappa shape index (κ2) is 5.28. The molecule has 0 heterocycles. The van der Waals surface area contributed by atoms with Gasteiger partial charge in [0.25, 0.3) is 0 Å². The molecule has 0 spiro atoms. The molecule has 0 aliphatic carbocycles. The lowest BCUT2D eigenvalue weighted by Gasteiger charge is -2.14. The molecule has 1 rings (SSSR count). The molecule has 15 heavy (non-hydrogen) atoms. The maximum Gasteiger partial charge on any atom is 0.311 e. The molecule has 0 saturated carbocycles. The molecule has 0 aliphatic heterocycles. The molecule has 0 amide bonds. The van der Waals surface area contributed by atoms with Gasteiger partial charge in [0, 0.05) is 4.47 Å². The standard InChI is InChI=1S/C11H13BrO3/c1-7(13)6-10(11(14)15)8-2-4-9(12)5-3-8/h2-5,7,10,13H,6H2,1H3,(H,14,15). The minimum Gasteiger partial charge on any atom is -0.481 e. The van der Waals surface area contributed by atoms with E-state index >= 15 is 0 Å². The number of carboxylic acids is 1. The van der Waals surface area contributed by atoms with Crippen LogP contribution < -0.4 is 0 Å². The summed E-state index contributed by atoms with van der Waals surface area (Å²) in [6, 6.07) is 7.11. The summed E-state index contributed by atoms with van der Waals surface area (Å²) in [5.74, 6) is -1.55. The average Bonchev–Trinajstić information content (AvgIpc) is 2.15. The van der Waals surface area contributed by atoms with E-state index in [0.717, 1.165) is 4.47 Å². The number of hydrogen-bond donors (Lipinski definition) is 2. The van der Waals surface area contributed by atoms with Gasteiger partial charge in [-0.25, -0.2) is 0 Å². The van der Waals surface area contributed by atoms with Crippen molar-refractivity contribution in [1.29, 1.82) is 0 Å². The predicted molar refractivity (Wildman–Crippen MR) is 60.8 cm³/mol. The molecular formula is C11H13BrO3. The van der Waals surface area contributed by atoms with Gasteiger partial charge in [-0.1, -0.05) is 28.1 Å². The van der Waals surface area contributed by atoms with Crippen LogP contribution in [0.25, 0.3) is 0 Å². The van der Waals surface area contributed by atoms with E-state index in [1.807, 2.05) is 0 Å². The van der Waals surface area contributed by atoms with Gasteiger partial charge < -0.3 is 10.2 Å². The molecule has 3 nitrogen and oxygen atoms in total. The lowest BCUT2D eigenvalue weighted by molar-refractivity contribution is -0.139. The maximum absolute atomic E-state index is 11.0. The largest absolute Gasteiger partial charge is 0.481 e. The van der Waals surface area contributed by atoms with Gasteiger partial charge in [-0.15, -0.1) is 0 Å². The van der Waals surface area contributed by atoms with Gasteiger partial charge in [0.15, 0.2) is 0 Å². The number of hydrogen-bond acceptors (Lipinski definition) is 2. The van der Waals surface area contributed by atoms with Crippen LogP contribution in [0.1, 0.15) is 24.8 Å². The molecule has 82 valence electrons. The molecule has 2 N–H and O–H groups in total. The highest BCUT2D eigenvalue weighted by Crippen LogP contribution is 2.23. The number of aliphatic carboxylic acids is 1. The van der Waals surface area contributed by atoms with Crippen molar-refractivity contribution in [3.05, 3.63) is 34.3 Å². The monoisotopic (exact) mass is 272 g/mol. The number of halogens is 1.